The Hall–Kier alpha value is -2.75. The van der Waals surface area contributed by atoms with Crippen LogP contribution in [0.4, 0.5) is 0 Å². The molecule has 4 aromatic carbocycles. The van der Waals surface area contributed by atoms with Gasteiger partial charge in [0.2, 0.25) is 0 Å². The van der Waals surface area contributed by atoms with Gasteiger partial charge in [0, 0.05) is 15.4 Å². The van der Waals surface area contributed by atoms with E-state index in [1.807, 2.05) is 24.3 Å². The van der Waals surface area contributed by atoms with Crippen LogP contribution in [0.5, 0.6) is 0 Å². The largest absolute Gasteiger partial charge is 0.295 e. The fourth-order valence-electron chi connectivity index (χ4n) is 3.16. The normalized spacial score (nSPS) is 11.1. The number of carbonyl (C=O) groups excluding carboxylic acids is 1. The van der Waals surface area contributed by atoms with Crippen LogP contribution in [0.25, 0.3) is 0 Å². The number of hydrogen-bond donors (Lipinski definition) is 1. The first-order chi connectivity index (χ1) is 14.2. The molecule has 0 saturated carbocycles. The highest BCUT2D eigenvalue weighted by Gasteiger charge is 2.12. The first-order valence-corrected chi connectivity index (χ1v) is 11.7. The highest BCUT2D eigenvalue weighted by atomic mass is 32.2. The van der Waals surface area contributed by atoms with Crippen molar-refractivity contribution in [2.45, 2.75) is 31.4 Å². The molecule has 0 fully saturated rings. The highest BCUT2D eigenvalue weighted by Crippen LogP contribution is 2.51. The summed E-state index contributed by atoms with van der Waals surface area (Å²) in [6.45, 7) is 1.60. The van der Waals surface area contributed by atoms with Gasteiger partial charge in [0.05, 0.1) is 0 Å². The fourth-order valence-corrected chi connectivity index (χ4v) is 6.26. The lowest BCUT2D eigenvalue weighted by atomic mass is 10.2. The predicted molar refractivity (Wildman–Crippen MR) is 124 cm³/mol. The molecule has 0 bridgehead atoms. The lowest BCUT2D eigenvalue weighted by molar-refractivity contribution is 0.101. The Balaban J connectivity index is 1.60. The molecule has 0 N–H and O–H groups in total. The van der Waals surface area contributed by atoms with Crippen molar-refractivity contribution in [3.05, 3.63) is 115 Å². The van der Waals surface area contributed by atoms with Crippen LogP contribution in [0.3, 0.4) is 0 Å². The molecular weight excluding hydrogens is 392 g/mol. The monoisotopic (exact) mass is 414 g/mol. The molecular formula is C26H22OS2. The lowest BCUT2D eigenvalue weighted by Gasteiger charge is -2.23. The van der Waals surface area contributed by atoms with Gasteiger partial charge in [-0.15, -0.1) is 0 Å². The van der Waals surface area contributed by atoms with Gasteiger partial charge in [0.25, 0.3) is 0 Å². The zero-order chi connectivity index (χ0) is 20.1. The van der Waals surface area contributed by atoms with Crippen LogP contribution in [0.2, 0.25) is 0 Å². The van der Waals surface area contributed by atoms with Crippen molar-refractivity contribution in [3.8, 4) is 0 Å². The lowest BCUT2D eigenvalue weighted by Crippen LogP contribution is -1.90. The van der Waals surface area contributed by atoms with Crippen LogP contribution >= 0.6 is 22.7 Å². The van der Waals surface area contributed by atoms with Gasteiger partial charge in [0.1, 0.15) is 0 Å². The van der Waals surface area contributed by atoms with Crippen molar-refractivity contribution in [2.24, 2.45) is 0 Å². The van der Waals surface area contributed by atoms with E-state index in [0.29, 0.717) is 0 Å². The Morgan fingerprint density at radius 1 is 0.586 bits per heavy atom. The van der Waals surface area contributed by atoms with Crippen molar-refractivity contribution in [1.29, 1.82) is 0 Å². The van der Waals surface area contributed by atoms with Crippen molar-refractivity contribution in [1.82, 2.24) is 0 Å². The average Bonchev–Trinajstić information content (AvgIpc) is 2.77. The van der Waals surface area contributed by atoms with Crippen LogP contribution in [0.1, 0.15) is 17.3 Å². The minimum Gasteiger partial charge on any atom is -0.295 e. The maximum absolute atomic E-state index is 11.4. The number of Topliss-reactive ketones (excluding diaryl/α,β-unsaturated/α-hetero) is 1. The molecule has 1 nitrogen and oxygen atoms in total. The van der Waals surface area contributed by atoms with Gasteiger partial charge in [-0.1, -0.05) is 60.3 Å². The van der Waals surface area contributed by atoms with E-state index in [4.69, 9.17) is 0 Å². The minimum atomic E-state index is -0.576. The summed E-state index contributed by atoms with van der Waals surface area (Å²) in [4.78, 5) is 17.8. The summed E-state index contributed by atoms with van der Waals surface area (Å²) in [6.07, 6.45) is 0. The van der Waals surface area contributed by atoms with Crippen LogP contribution in [0.15, 0.2) is 134 Å². The molecule has 0 aliphatic carbocycles. The van der Waals surface area contributed by atoms with Crippen LogP contribution in [0, 0.1) is 0 Å². The topological polar surface area (TPSA) is 17.1 Å². The predicted octanol–water partition coefficient (Wildman–Crippen LogP) is 7.52. The highest BCUT2D eigenvalue weighted by molar-refractivity contribution is 8.17. The number of ketones is 1. The summed E-state index contributed by atoms with van der Waals surface area (Å²) in [5.41, 5.74) is 0.751. The van der Waals surface area contributed by atoms with Crippen molar-refractivity contribution in [2.75, 3.05) is 0 Å². The third-order valence-corrected chi connectivity index (χ3v) is 8.08. The van der Waals surface area contributed by atoms with Crippen LogP contribution in [-0.4, -0.2) is 5.78 Å². The van der Waals surface area contributed by atoms with E-state index in [9.17, 15) is 4.79 Å². The van der Waals surface area contributed by atoms with E-state index in [2.05, 4.69) is 84.9 Å². The molecule has 144 valence electrons. The molecule has 29 heavy (non-hydrogen) atoms. The van der Waals surface area contributed by atoms with Gasteiger partial charge in [-0.2, -0.15) is 10.9 Å². The molecule has 0 heterocycles. The molecule has 0 atom stereocenters. The quantitative estimate of drug-likeness (QED) is 0.259. The molecule has 4 rings (SSSR count). The van der Waals surface area contributed by atoms with Crippen molar-refractivity contribution < 1.29 is 4.79 Å². The Morgan fingerprint density at radius 2 is 1.00 bits per heavy atom. The summed E-state index contributed by atoms with van der Waals surface area (Å²) < 4.78 is 0. The summed E-state index contributed by atoms with van der Waals surface area (Å²) in [5, 5.41) is 0. The number of hydrogen-bond acceptors (Lipinski definition) is 2. The van der Waals surface area contributed by atoms with Crippen molar-refractivity contribution in [3.63, 3.8) is 0 Å². The number of rotatable bonds is 6. The zero-order valence-corrected chi connectivity index (χ0v) is 17.9. The maximum atomic E-state index is 11.4. The van der Waals surface area contributed by atoms with Gasteiger partial charge < -0.3 is 0 Å². The molecule has 4 aromatic rings. The smallest absolute Gasteiger partial charge is 0.159 e. The second-order valence-electron chi connectivity index (χ2n) is 6.68. The fraction of sp³-hybridized carbons (Fsp3) is 0.0385. The summed E-state index contributed by atoms with van der Waals surface area (Å²) in [5.74, 6) is 0.0982. The zero-order valence-electron chi connectivity index (χ0n) is 16.2. The van der Waals surface area contributed by atoms with E-state index < -0.39 is 10.9 Å². The summed E-state index contributed by atoms with van der Waals surface area (Å²) in [7, 11) is -0.576. The minimum absolute atomic E-state index is 0.0982. The van der Waals surface area contributed by atoms with Gasteiger partial charge in [-0.05, 0) is 82.3 Å². The first kappa shape index (κ1) is 19.6. The molecule has 0 spiro atoms. The van der Waals surface area contributed by atoms with Crippen LogP contribution < -0.4 is 0 Å². The summed E-state index contributed by atoms with van der Waals surface area (Å²) in [6, 6.07) is 38.2. The first-order valence-electron chi connectivity index (χ1n) is 9.50. The third-order valence-electron chi connectivity index (χ3n) is 4.62. The van der Waals surface area contributed by atoms with Crippen LogP contribution in [-0.2, 0) is 0 Å². The Kier molecular flexibility index (Phi) is 6.18. The SMILES string of the molecule is CC(=O)c1ccc(Sc2ccc([SH](c3ccccc3)c3ccccc3)cc2)cc1. The van der Waals surface area contributed by atoms with Gasteiger partial charge in [-0.25, -0.2) is 0 Å². The number of carbonyl (C=O) groups is 1. The van der Waals surface area contributed by atoms with Gasteiger partial charge in [-0.3, -0.25) is 4.79 Å². The maximum Gasteiger partial charge on any atom is 0.159 e. The molecule has 0 unspecified atom stereocenters. The Labute approximate surface area is 179 Å². The van der Waals surface area contributed by atoms with E-state index in [1.54, 1.807) is 18.7 Å². The van der Waals surface area contributed by atoms with E-state index in [-0.39, 0.29) is 5.78 Å². The van der Waals surface area contributed by atoms with E-state index >= 15 is 0 Å². The van der Waals surface area contributed by atoms with E-state index in [1.165, 1.54) is 19.6 Å². The molecule has 0 radical (unpaired) electrons. The molecule has 0 aromatic heterocycles. The molecule has 0 amide bonds. The Morgan fingerprint density at radius 3 is 1.45 bits per heavy atom. The second-order valence-corrected chi connectivity index (χ2v) is 10.0. The molecule has 0 aliphatic rings. The third kappa shape index (κ3) is 4.81. The van der Waals surface area contributed by atoms with Gasteiger partial charge in [0.15, 0.2) is 5.78 Å². The van der Waals surface area contributed by atoms with Gasteiger partial charge >= 0.3 is 0 Å². The average molecular weight is 415 g/mol. The van der Waals surface area contributed by atoms with E-state index in [0.717, 1.165) is 10.5 Å². The number of thiol groups is 1. The molecule has 0 saturated heterocycles. The van der Waals surface area contributed by atoms with Crippen molar-refractivity contribution >= 4 is 28.4 Å². The second kappa shape index (κ2) is 9.17. The molecule has 3 heteroatoms. The molecule has 0 aliphatic heterocycles. The number of benzene rings is 4. The summed E-state index contributed by atoms with van der Waals surface area (Å²) >= 11 is 1.72. The standard InChI is InChI=1S/C26H22OS2/c1-20(27)21-12-14-22(15-13-21)28-23-16-18-26(19-17-23)29(24-8-4-2-5-9-24)25-10-6-3-7-11-25/h2-19,29H,1H3. The Bertz CT molecular complexity index is 1030.